The van der Waals surface area contributed by atoms with E-state index in [-0.39, 0.29) is 0 Å². The average Bonchev–Trinajstić information content (AvgIpc) is 2.58. The van der Waals surface area contributed by atoms with Crippen LogP contribution in [-0.2, 0) is 7.05 Å². The summed E-state index contributed by atoms with van der Waals surface area (Å²) in [6.45, 7) is 0. The van der Waals surface area contributed by atoms with E-state index in [0.29, 0.717) is 5.82 Å². The van der Waals surface area contributed by atoms with Crippen LogP contribution in [-0.4, -0.2) is 9.78 Å². The van der Waals surface area contributed by atoms with Crippen LogP contribution in [0.15, 0.2) is 18.3 Å². The SMILES string of the molecule is Cn1cc(-c2ccc(Cl)s2)c(N)n1. The van der Waals surface area contributed by atoms with Gasteiger partial charge in [-0.2, -0.15) is 5.10 Å². The molecule has 5 heteroatoms. The van der Waals surface area contributed by atoms with Crippen molar-refractivity contribution in [2.45, 2.75) is 0 Å². The number of nitrogens with two attached hydrogens (primary N) is 1. The van der Waals surface area contributed by atoms with Gasteiger partial charge in [0.05, 0.1) is 9.90 Å². The van der Waals surface area contributed by atoms with Crippen LogP contribution in [0.5, 0.6) is 0 Å². The number of rotatable bonds is 1. The van der Waals surface area contributed by atoms with Crippen molar-refractivity contribution >= 4 is 28.8 Å². The molecule has 0 spiro atoms. The Morgan fingerprint density at radius 3 is 2.77 bits per heavy atom. The molecule has 0 aliphatic rings. The summed E-state index contributed by atoms with van der Waals surface area (Å²) < 4.78 is 2.46. The van der Waals surface area contributed by atoms with Crippen molar-refractivity contribution in [1.82, 2.24) is 9.78 Å². The topological polar surface area (TPSA) is 43.8 Å². The number of anilines is 1. The summed E-state index contributed by atoms with van der Waals surface area (Å²) in [7, 11) is 1.84. The number of hydrogen-bond donors (Lipinski definition) is 1. The lowest BCUT2D eigenvalue weighted by Crippen LogP contribution is -1.90. The number of aryl methyl sites for hydroxylation is 1. The van der Waals surface area contributed by atoms with Crippen LogP contribution in [0.25, 0.3) is 10.4 Å². The van der Waals surface area contributed by atoms with Crippen molar-refractivity contribution in [1.29, 1.82) is 0 Å². The zero-order valence-corrected chi connectivity index (χ0v) is 8.56. The van der Waals surface area contributed by atoms with E-state index >= 15 is 0 Å². The zero-order chi connectivity index (χ0) is 9.42. The van der Waals surface area contributed by atoms with Crippen molar-refractivity contribution in [3.05, 3.63) is 22.7 Å². The third-order valence-electron chi connectivity index (χ3n) is 1.70. The Morgan fingerprint density at radius 1 is 1.54 bits per heavy atom. The molecule has 0 aromatic carbocycles. The van der Waals surface area contributed by atoms with Crippen LogP contribution in [0.3, 0.4) is 0 Å². The highest BCUT2D eigenvalue weighted by Gasteiger charge is 2.08. The van der Waals surface area contributed by atoms with Gasteiger partial charge in [0, 0.05) is 18.1 Å². The highest BCUT2D eigenvalue weighted by Crippen LogP contribution is 2.33. The highest BCUT2D eigenvalue weighted by molar-refractivity contribution is 7.19. The maximum absolute atomic E-state index is 5.82. The summed E-state index contributed by atoms with van der Waals surface area (Å²) in [6, 6.07) is 3.80. The van der Waals surface area contributed by atoms with Gasteiger partial charge in [-0.3, -0.25) is 4.68 Å². The van der Waals surface area contributed by atoms with E-state index in [4.69, 9.17) is 17.3 Å². The molecule has 2 rings (SSSR count). The van der Waals surface area contributed by atoms with Crippen LogP contribution >= 0.6 is 22.9 Å². The smallest absolute Gasteiger partial charge is 0.154 e. The van der Waals surface area contributed by atoms with Crippen LogP contribution < -0.4 is 5.73 Å². The fraction of sp³-hybridized carbons (Fsp3) is 0.125. The molecule has 0 fully saturated rings. The molecule has 0 aliphatic heterocycles. The lowest BCUT2D eigenvalue weighted by atomic mass is 10.3. The molecule has 0 bridgehead atoms. The second-order valence-corrected chi connectivity index (χ2v) is 4.42. The number of thiophene rings is 1. The molecule has 68 valence electrons. The summed E-state index contributed by atoms with van der Waals surface area (Å²) >= 11 is 7.32. The fourth-order valence-electron chi connectivity index (χ4n) is 1.15. The lowest BCUT2D eigenvalue weighted by molar-refractivity contribution is 0.772. The number of halogens is 1. The molecule has 0 saturated heterocycles. The van der Waals surface area contributed by atoms with E-state index in [0.717, 1.165) is 14.8 Å². The van der Waals surface area contributed by atoms with Gasteiger partial charge in [-0.05, 0) is 12.1 Å². The Bertz CT molecular complexity index is 432. The molecule has 0 atom stereocenters. The van der Waals surface area contributed by atoms with E-state index in [1.165, 1.54) is 11.3 Å². The van der Waals surface area contributed by atoms with E-state index in [2.05, 4.69) is 5.10 Å². The molecule has 13 heavy (non-hydrogen) atoms. The average molecular weight is 214 g/mol. The Kier molecular flexibility index (Phi) is 2.01. The second kappa shape index (κ2) is 3.05. The molecule has 2 aromatic rings. The van der Waals surface area contributed by atoms with Gasteiger partial charge in [-0.15, -0.1) is 11.3 Å². The van der Waals surface area contributed by atoms with E-state index in [1.807, 2.05) is 25.4 Å². The molecule has 2 aromatic heterocycles. The normalized spacial score (nSPS) is 10.6. The van der Waals surface area contributed by atoms with Gasteiger partial charge in [0.25, 0.3) is 0 Å². The Morgan fingerprint density at radius 2 is 2.31 bits per heavy atom. The Labute approximate surface area is 84.7 Å². The highest BCUT2D eigenvalue weighted by atomic mass is 35.5. The Hall–Kier alpha value is -1.00. The first-order valence-electron chi connectivity index (χ1n) is 3.71. The van der Waals surface area contributed by atoms with Crippen LogP contribution in [0, 0.1) is 0 Å². The maximum Gasteiger partial charge on any atom is 0.154 e. The molecule has 0 radical (unpaired) electrons. The van der Waals surface area contributed by atoms with Crippen molar-refractivity contribution < 1.29 is 0 Å². The lowest BCUT2D eigenvalue weighted by Gasteiger charge is -1.90. The van der Waals surface area contributed by atoms with Gasteiger partial charge in [0.1, 0.15) is 0 Å². The quantitative estimate of drug-likeness (QED) is 0.791. The van der Waals surface area contributed by atoms with E-state index in [9.17, 15) is 0 Å². The van der Waals surface area contributed by atoms with E-state index < -0.39 is 0 Å². The molecule has 0 amide bonds. The molecular formula is C8H8ClN3S. The van der Waals surface area contributed by atoms with Crippen LogP contribution in [0.4, 0.5) is 5.82 Å². The number of aromatic nitrogens is 2. The van der Waals surface area contributed by atoms with Crippen molar-refractivity contribution in [2.24, 2.45) is 7.05 Å². The first kappa shape index (κ1) is 8.59. The van der Waals surface area contributed by atoms with Gasteiger partial charge >= 0.3 is 0 Å². The summed E-state index contributed by atoms with van der Waals surface area (Å²) in [5.74, 6) is 0.543. The zero-order valence-electron chi connectivity index (χ0n) is 6.99. The van der Waals surface area contributed by atoms with Crippen molar-refractivity contribution in [3.63, 3.8) is 0 Å². The predicted octanol–water partition coefficient (Wildman–Crippen LogP) is 2.38. The van der Waals surface area contributed by atoms with Crippen LogP contribution in [0.1, 0.15) is 0 Å². The standard InChI is InChI=1S/C8H8ClN3S/c1-12-4-5(8(10)11-12)6-2-3-7(9)13-6/h2-4H,1H3,(H2,10,11). The minimum atomic E-state index is 0.543. The third kappa shape index (κ3) is 1.55. The van der Waals surface area contributed by atoms with Gasteiger partial charge in [0.15, 0.2) is 5.82 Å². The minimum absolute atomic E-state index is 0.543. The summed E-state index contributed by atoms with van der Waals surface area (Å²) in [6.07, 6.45) is 1.89. The number of nitrogens with zero attached hydrogens (tertiary/aromatic N) is 2. The predicted molar refractivity (Wildman–Crippen MR) is 55.9 cm³/mol. The van der Waals surface area contributed by atoms with Crippen molar-refractivity contribution in [2.75, 3.05) is 5.73 Å². The molecule has 2 N–H and O–H groups in total. The second-order valence-electron chi connectivity index (χ2n) is 2.71. The molecule has 3 nitrogen and oxygen atoms in total. The van der Waals surface area contributed by atoms with E-state index in [1.54, 1.807) is 4.68 Å². The summed E-state index contributed by atoms with van der Waals surface area (Å²) in [5, 5.41) is 4.05. The van der Waals surface area contributed by atoms with Gasteiger partial charge in [-0.25, -0.2) is 0 Å². The Balaban J connectivity index is 2.51. The first-order chi connectivity index (χ1) is 6.16. The summed E-state index contributed by atoms with van der Waals surface area (Å²) in [4.78, 5) is 1.05. The maximum atomic E-state index is 5.82. The molecule has 0 saturated carbocycles. The number of hydrogen-bond acceptors (Lipinski definition) is 3. The van der Waals surface area contributed by atoms with Crippen molar-refractivity contribution in [3.8, 4) is 10.4 Å². The molecular weight excluding hydrogens is 206 g/mol. The monoisotopic (exact) mass is 213 g/mol. The third-order valence-corrected chi connectivity index (χ3v) is 2.96. The van der Waals surface area contributed by atoms with Gasteiger partial charge in [0.2, 0.25) is 0 Å². The van der Waals surface area contributed by atoms with Gasteiger partial charge < -0.3 is 5.73 Å². The molecule has 2 heterocycles. The fourth-order valence-corrected chi connectivity index (χ4v) is 2.22. The summed E-state index contributed by atoms with van der Waals surface area (Å²) in [5.41, 5.74) is 6.66. The number of nitrogen functional groups attached to an aromatic ring is 1. The minimum Gasteiger partial charge on any atom is -0.382 e. The first-order valence-corrected chi connectivity index (χ1v) is 4.91. The van der Waals surface area contributed by atoms with Gasteiger partial charge in [-0.1, -0.05) is 11.6 Å². The molecule has 0 unspecified atom stereocenters. The largest absolute Gasteiger partial charge is 0.382 e. The van der Waals surface area contributed by atoms with Crippen LogP contribution in [0.2, 0.25) is 4.34 Å². The molecule has 0 aliphatic carbocycles.